The fourth-order valence-corrected chi connectivity index (χ4v) is 1.79. The number of pyridine rings is 1. The average molecular weight is 348 g/mol. The first-order valence-electron chi connectivity index (χ1n) is 7.57. The maximum atomic E-state index is 12.2. The zero-order valence-corrected chi connectivity index (χ0v) is 14.0. The Morgan fingerprint density at radius 3 is 2.64 bits per heavy atom. The summed E-state index contributed by atoms with van der Waals surface area (Å²) < 4.78 is 10.1. The number of Topliss-reactive ketones (excluding diaryl/α,β-unsaturated/α-hetero) is 1. The van der Waals surface area contributed by atoms with Gasteiger partial charge < -0.3 is 20.3 Å². The van der Waals surface area contributed by atoms with Crippen molar-refractivity contribution in [3.05, 3.63) is 35.6 Å². The molecule has 0 aliphatic rings. The topological polar surface area (TPSA) is 131 Å². The summed E-state index contributed by atoms with van der Waals surface area (Å²) in [5, 5.41) is 2.49. The number of ether oxygens (including phenoxy) is 2. The van der Waals surface area contributed by atoms with Crippen molar-refractivity contribution in [2.45, 2.75) is 38.5 Å². The summed E-state index contributed by atoms with van der Waals surface area (Å²) in [6.07, 6.45) is 3.01. The van der Waals surface area contributed by atoms with Crippen molar-refractivity contribution in [3.8, 4) is 0 Å². The third-order valence-electron chi connectivity index (χ3n) is 3.34. The molecule has 9 nitrogen and oxygen atoms in total. The molecule has 0 unspecified atom stereocenters. The van der Waals surface area contributed by atoms with Crippen molar-refractivity contribution in [3.63, 3.8) is 0 Å². The number of carbonyl (C=O) groups excluding carboxylic acids is 3. The smallest absolute Gasteiger partial charge is 0.328 e. The van der Waals surface area contributed by atoms with Crippen molar-refractivity contribution in [1.29, 1.82) is 0 Å². The number of nitrogens with zero attached hydrogens (tertiary/aromatic N) is 3. The van der Waals surface area contributed by atoms with Crippen LogP contribution in [0.3, 0.4) is 0 Å². The molecule has 0 radical (unpaired) electrons. The van der Waals surface area contributed by atoms with Crippen LogP contribution in [0.2, 0.25) is 0 Å². The molecule has 9 heteroatoms. The SMILES string of the molecule is CO[C@@H](C)C(=O)N[C@@H](CCC(=O)C=[N+]=[N-])C(=O)OCc1ccncc1. The molecule has 0 aromatic carbocycles. The minimum absolute atomic E-state index is 0.00219. The molecule has 1 amide bonds. The predicted molar refractivity (Wildman–Crippen MR) is 86.4 cm³/mol. The number of esters is 1. The van der Waals surface area contributed by atoms with Crippen molar-refractivity contribution in [2.24, 2.45) is 0 Å². The maximum Gasteiger partial charge on any atom is 0.328 e. The van der Waals surface area contributed by atoms with E-state index >= 15 is 0 Å². The van der Waals surface area contributed by atoms with E-state index in [2.05, 4.69) is 15.1 Å². The number of rotatable bonds is 10. The van der Waals surface area contributed by atoms with E-state index in [9.17, 15) is 14.4 Å². The summed E-state index contributed by atoms with van der Waals surface area (Å²) in [7, 11) is 1.36. The first-order valence-corrected chi connectivity index (χ1v) is 7.57. The van der Waals surface area contributed by atoms with Crippen LogP contribution in [0.15, 0.2) is 24.5 Å². The van der Waals surface area contributed by atoms with Gasteiger partial charge in [-0.2, -0.15) is 4.79 Å². The fraction of sp³-hybridized carbons (Fsp3) is 0.438. The van der Waals surface area contributed by atoms with Gasteiger partial charge in [-0.25, -0.2) is 4.79 Å². The lowest BCUT2D eigenvalue weighted by atomic mass is 10.1. The molecule has 25 heavy (non-hydrogen) atoms. The number of amides is 1. The van der Waals surface area contributed by atoms with E-state index in [4.69, 9.17) is 15.0 Å². The van der Waals surface area contributed by atoms with Crippen molar-refractivity contribution < 1.29 is 28.6 Å². The second-order valence-electron chi connectivity index (χ2n) is 5.15. The molecule has 0 fully saturated rings. The van der Waals surface area contributed by atoms with Crippen LogP contribution in [-0.4, -0.2) is 52.9 Å². The van der Waals surface area contributed by atoms with Gasteiger partial charge in [-0.05, 0) is 31.0 Å². The molecule has 0 aliphatic heterocycles. The number of nitrogens with one attached hydrogen (secondary N) is 1. The molecule has 2 atom stereocenters. The Morgan fingerprint density at radius 1 is 1.36 bits per heavy atom. The van der Waals surface area contributed by atoms with E-state index in [1.807, 2.05) is 0 Å². The molecule has 0 aliphatic carbocycles. The van der Waals surface area contributed by atoms with Crippen LogP contribution in [0.5, 0.6) is 0 Å². The Labute approximate surface area is 145 Å². The van der Waals surface area contributed by atoms with Crippen LogP contribution >= 0.6 is 0 Å². The summed E-state index contributed by atoms with van der Waals surface area (Å²) in [4.78, 5) is 42.1. The molecule has 1 heterocycles. The summed E-state index contributed by atoms with van der Waals surface area (Å²) >= 11 is 0. The molecular formula is C16H20N4O5. The predicted octanol–water partition coefficient (Wildman–Crippen LogP) is 0.294. The van der Waals surface area contributed by atoms with Gasteiger partial charge in [0.1, 0.15) is 18.8 Å². The Kier molecular flexibility index (Phi) is 8.70. The molecule has 0 bridgehead atoms. The lowest BCUT2D eigenvalue weighted by Crippen LogP contribution is -2.46. The summed E-state index contributed by atoms with van der Waals surface area (Å²) in [6, 6.07) is 2.35. The number of ketones is 1. The van der Waals surface area contributed by atoms with Gasteiger partial charge in [0, 0.05) is 25.9 Å². The van der Waals surface area contributed by atoms with Crippen LogP contribution in [0, 0.1) is 0 Å². The summed E-state index contributed by atoms with van der Waals surface area (Å²) in [5.74, 6) is -1.66. The highest BCUT2D eigenvalue weighted by Crippen LogP contribution is 2.06. The first kappa shape index (κ1) is 20.1. The summed E-state index contributed by atoms with van der Waals surface area (Å²) in [5.41, 5.74) is 9.08. The van der Waals surface area contributed by atoms with Crippen molar-refractivity contribution in [2.75, 3.05) is 7.11 Å². The van der Waals surface area contributed by atoms with Gasteiger partial charge >= 0.3 is 12.2 Å². The lowest BCUT2D eigenvalue weighted by Gasteiger charge is -2.19. The molecule has 134 valence electrons. The van der Waals surface area contributed by atoms with Gasteiger partial charge in [0.2, 0.25) is 11.7 Å². The fourth-order valence-electron chi connectivity index (χ4n) is 1.79. The molecule has 0 saturated heterocycles. The standard InChI is InChI=1S/C16H20N4O5/c1-11(24-2)15(22)20-14(4-3-13(21)9-19-17)16(23)25-10-12-5-7-18-8-6-12/h5-9,11,14H,3-4,10H2,1-2H3,(H,20,22)/t11-,14-/m0/s1. The van der Waals surface area contributed by atoms with Crippen LogP contribution < -0.4 is 5.32 Å². The van der Waals surface area contributed by atoms with E-state index < -0.39 is 29.8 Å². The highest BCUT2D eigenvalue weighted by molar-refractivity contribution is 6.25. The van der Waals surface area contributed by atoms with Gasteiger partial charge in [0.15, 0.2) is 0 Å². The Morgan fingerprint density at radius 2 is 2.04 bits per heavy atom. The second kappa shape index (κ2) is 10.8. The normalized spacial score (nSPS) is 12.4. The lowest BCUT2D eigenvalue weighted by molar-refractivity contribution is -0.150. The summed E-state index contributed by atoms with van der Waals surface area (Å²) in [6.45, 7) is 1.54. The Bertz CT molecular complexity index is 643. The molecule has 1 aromatic rings. The van der Waals surface area contributed by atoms with Gasteiger partial charge in [-0.3, -0.25) is 14.6 Å². The second-order valence-corrected chi connectivity index (χ2v) is 5.15. The Hall–Kier alpha value is -2.90. The first-order chi connectivity index (χ1) is 12.0. The third kappa shape index (κ3) is 7.47. The number of hydrogen-bond acceptors (Lipinski definition) is 6. The van der Waals surface area contributed by atoms with Crippen LogP contribution in [0.4, 0.5) is 0 Å². The minimum Gasteiger partial charge on any atom is -0.459 e. The van der Waals surface area contributed by atoms with E-state index in [-0.39, 0.29) is 19.4 Å². The number of methoxy groups -OCH3 is 1. The number of carbonyl (C=O) groups is 3. The zero-order valence-electron chi connectivity index (χ0n) is 14.0. The van der Waals surface area contributed by atoms with Gasteiger partial charge in [0.25, 0.3) is 0 Å². The highest BCUT2D eigenvalue weighted by atomic mass is 16.5. The number of aromatic nitrogens is 1. The van der Waals surface area contributed by atoms with E-state index in [1.165, 1.54) is 14.0 Å². The molecule has 0 spiro atoms. The van der Waals surface area contributed by atoms with Gasteiger partial charge in [-0.1, -0.05) is 0 Å². The monoisotopic (exact) mass is 348 g/mol. The van der Waals surface area contributed by atoms with Crippen molar-refractivity contribution >= 4 is 23.9 Å². The van der Waals surface area contributed by atoms with E-state index in [0.29, 0.717) is 0 Å². The minimum atomic E-state index is -1.03. The molecular weight excluding hydrogens is 328 g/mol. The molecule has 1 rings (SSSR count). The van der Waals surface area contributed by atoms with Crippen LogP contribution in [0.25, 0.3) is 5.53 Å². The van der Waals surface area contributed by atoms with E-state index in [0.717, 1.165) is 11.8 Å². The van der Waals surface area contributed by atoms with Crippen LogP contribution in [-0.2, 0) is 30.5 Å². The Balaban J connectivity index is 2.70. The van der Waals surface area contributed by atoms with Crippen LogP contribution in [0.1, 0.15) is 25.3 Å². The maximum absolute atomic E-state index is 12.2. The van der Waals surface area contributed by atoms with Crippen molar-refractivity contribution in [1.82, 2.24) is 10.3 Å². The number of hydrogen-bond donors (Lipinski definition) is 1. The zero-order chi connectivity index (χ0) is 18.7. The van der Waals surface area contributed by atoms with Gasteiger partial charge in [-0.15, -0.1) is 0 Å². The van der Waals surface area contributed by atoms with Gasteiger partial charge in [0.05, 0.1) is 0 Å². The molecule has 0 saturated carbocycles. The molecule has 1 aromatic heterocycles. The highest BCUT2D eigenvalue weighted by Gasteiger charge is 2.25. The largest absolute Gasteiger partial charge is 0.459 e. The third-order valence-corrected chi connectivity index (χ3v) is 3.34. The quantitative estimate of drug-likeness (QED) is 0.280. The molecule has 1 N–H and O–H groups in total. The van der Waals surface area contributed by atoms with E-state index in [1.54, 1.807) is 24.5 Å². The average Bonchev–Trinajstić information content (AvgIpc) is 2.63.